The van der Waals surface area contributed by atoms with Crippen LogP contribution in [0.15, 0.2) is 59.6 Å². The van der Waals surface area contributed by atoms with Crippen LogP contribution in [0.4, 0.5) is 5.69 Å². The van der Waals surface area contributed by atoms with Crippen LogP contribution in [0.1, 0.15) is 5.56 Å². The van der Waals surface area contributed by atoms with E-state index in [0.29, 0.717) is 16.3 Å². The topological polar surface area (TPSA) is 65.8 Å². The first-order valence-electron chi connectivity index (χ1n) is 7.14. The normalized spacial score (nSPS) is 10.3. The van der Waals surface area contributed by atoms with Crippen molar-refractivity contribution in [2.75, 3.05) is 11.1 Å². The fraction of sp³-hybridized carbons (Fsp3) is 0.0556. The van der Waals surface area contributed by atoms with Crippen molar-refractivity contribution in [3.05, 3.63) is 65.2 Å². The number of benzene rings is 2. The molecule has 1 amide bonds. The zero-order valence-corrected chi connectivity index (χ0v) is 14.1. The monoisotopic (exact) mass is 353 g/mol. The molecule has 0 radical (unpaired) electrons. The summed E-state index contributed by atoms with van der Waals surface area (Å²) in [6.45, 7) is 0. The SMILES string of the molecule is N#Cc1ccc(NC(=O)CSc2ccc3ccccc3n2)cc1Cl. The molecule has 4 nitrogen and oxygen atoms in total. The number of halogens is 1. The first kappa shape index (κ1) is 16.3. The fourth-order valence-corrected chi connectivity index (χ4v) is 3.05. The number of hydrogen-bond acceptors (Lipinski definition) is 4. The molecule has 0 fully saturated rings. The van der Waals surface area contributed by atoms with E-state index in [1.54, 1.807) is 18.2 Å². The molecule has 0 atom stereocenters. The Morgan fingerprint density at radius 2 is 2.04 bits per heavy atom. The molecule has 0 unspecified atom stereocenters. The third-order valence-electron chi connectivity index (χ3n) is 3.30. The molecule has 0 aliphatic rings. The van der Waals surface area contributed by atoms with Gasteiger partial charge in [-0.3, -0.25) is 4.79 Å². The molecule has 3 aromatic rings. The largest absolute Gasteiger partial charge is 0.325 e. The molecule has 1 heterocycles. The summed E-state index contributed by atoms with van der Waals surface area (Å²) in [6.07, 6.45) is 0. The third kappa shape index (κ3) is 3.85. The minimum absolute atomic E-state index is 0.157. The standard InChI is InChI=1S/C18H12ClN3OS/c19-15-9-14(7-5-13(15)10-20)21-17(23)11-24-18-8-6-12-3-1-2-4-16(12)22-18/h1-9H,11H2,(H,21,23). The Morgan fingerprint density at radius 1 is 1.21 bits per heavy atom. The lowest BCUT2D eigenvalue weighted by molar-refractivity contribution is -0.113. The first-order valence-corrected chi connectivity index (χ1v) is 8.50. The van der Waals surface area contributed by atoms with Crippen LogP contribution in [0.25, 0.3) is 10.9 Å². The molecule has 0 saturated heterocycles. The van der Waals surface area contributed by atoms with Crippen LogP contribution in [-0.2, 0) is 4.79 Å². The van der Waals surface area contributed by atoms with Gasteiger partial charge in [-0.2, -0.15) is 5.26 Å². The summed E-state index contributed by atoms with van der Waals surface area (Å²) in [5.74, 6) is 0.0823. The van der Waals surface area contributed by atoms with E-state index in [1.807, 2.05) is 42.5 Å². The fourth-order valence-electron chi connectivity index (χ4n) is 2.15. The number of fused-ring (bicyclic) bond motifs is 1. The summed E-state index contributed by atoms with van der Waals surface area (Å²) in [5.41, 5.74) is 1.85. The third-order valence-corrected chi connectivity index (χ3v) is 4.54. The molecule has 0 aliphatic carbocycles. The zero-order chi connectivity index (χ0) is 16.9. The van der Waals surface area contributed by atoms with E-state index in [0.717, 1.165) is 15.9 Å². The van der Waals surface area contributed by atoms with E-state index >= 15 is 0 Å². The Hall–Kier alpha value is -2.55. The Balaban J connectivity index is 1.62. The molecule has 118 valence electrons. The number of carbonyl (C=O) groups excluding carboxylic acids is 1. The Kier molecular flexibility index (Phi) is 4.99. The molecule has 3 rings (SSSR count). The molecule has 0 spiro atoms. The minimum atomic E-state index is -0.157. The molecule has 24 heavy (non-hydrogen) atoms. The maximum Gasteiger partial charge on any atom is 0.234 e. The highest BCUT2D eigenvalue weighted by molar-refractivity contribution is 7.99. The number of hydrogen-bond donors (Lipinski definition) is 1. The van der Waals surface area contributed by atoms with Crippen molar-refractivity contribution in [2.24, 2.45) is 0 Å². The second-order valence-corrected chi connectivity index (χ2v) is 6.39. The summed E-state index contributed by atoms with van der Waals surface area (Å²) in [7, 11) is 0. The van der Waals surface area contributed by atoms with Crippen molar-refractivity contribution >= 4 is 45.9 Å². The van der Waals surface area contributed by atoms with Crippen molar-refractivity contribution in [1.82, 2.24) is 4.98 Å². The number of thioether (sulfide) groups is 1. The smallest absolute Gasteiger partial charge is 0.234 e. The number of anilines is 1. The average Bonchev–Trinajstić information content (AvgIpc) is 2.60. The minimum Gasteiger partial charge on any atom is -0.325 e. The first-order chi connectivity index (χ1) is 11.7. The molecule has 6 heteroatoms. The summed E-state index contributed by atoms with van der Waals surface area (Å²) in [6, 6.07) is 18.5. The maximum absolute atomic E-state index is 12.0. The number of pyridine rings is 1. The van der Waals surface area contributed by atoms with E-state index in [-0.39, 0.29) is 11.7 Å². The lowest BCUT2D eigenvalue weighted by Gasteiger charge is -2.06. The van der Waals surface area contributed by atoms with Gasteiger partial charge in [-0.05, 0) is 30.3 Å². The lowest BCUT2D eigenvalue weighted by Crippen LogP contribution is -2.14. The number of nitrogens with zero attached hydrogens (tertiary/aromatic N) is 2. The van der Waals surface area contributed by atoms with Gasteiger partial charge in [-0.25, -0.2) is 4.98 Å². The zero-order valence-electron chi connectivity index (χ0n) is 12.5. The van der Waals surface area contributed by atoms with Gasteiger partial charge in [0.2, 0.25) is 5.91 Å². The Labute approximate surface area is 148 Å². The van der Waals surface area contributed by atoms with Crippen LogP contribution < -0.4 is 5.32 Å². The average molecular weight is 354 g/mol. The predicted octanol–water partition coefficient (Wildman–Crippen LogP) is 4.49. The van der Waals surface area contributed by atoms with Gasteiger partial charge in [0.15, 0.2) is 0 Å². The van der Waals surface area contributed by atoms with E-state index in [2.05, 4.69) is 10.3 Å². The number of amides is 1. The van der Waals surface area contributed by atoms with E-state index in [1.165, 1.54) is 11.8 Å². The van der Waals surface area contributed by atoms with Gasteiger partial charge in [0, 0.05) is 11.1 Å². The quantitative estimate of drug-likeness (QED) is 0.702. The number of nitrogens with one attached hydrogen (secondary N) is 1. The lowest BCUT2D eigenvalue weighted by atomic mass is 10.2. The summed E-state index contributed by atoms with van der Waals surface area (Å²) in [4.78, 5) is 16.6. The number of para-hydroxylation sites is 1. The van der Waals surface area contributed by atoms with E-state index in [4.69, 9.17) is 16.9 Å². The Morgan fingerprint density at radius 3 is 2.83 bits per heavy atom. The molecule has 1 N–H and O–H groups in total. The van der Waals surface area contributed by atoms with Crippen LogP contribution in [-0.4, -0.2) is 16.6 Å². The molecule has 0 aliphatic heterocycles. The van der Waals surface area contributed by atoms with Crippen LogP contribution in [0, 0.1) is 11.3 Å². The number of aromatic nitrogens is 1. The van der Waals surface area contributed by atoms with Crippen molar-refractivity contribution in [3.8, 4) is 6.07 Å². The van der Waals surface area contributed by atoms with Crippen molar-refractivity contribution in [2.45, 2.75) is 5.03 Å². The summed E-state index contributed by atoms with van der Waals surface area (Å²) in [5, 5.41) is 13.8. The predicted molar refractivity (Wildman–Crippen MR) is 97.3 cm³/mol. The van der Waals surface area contributed by atoms with Gasteiger partial charge in [-0.15, -0.1) is 0 Å². The van der Waals surface area contributed by atoms with Gasteiger partial charge in [0.25, 0.3) is 0 Å². The number of rotatable bonds is 4. The Bertz CT molecular complexity index is 952. The highest BCUT2D eigenvalue weighted by Crippen LogP contribution is 2.22. The van der Waals surface area contributed by atoms with Crippen LogP contribution in [0.2, 0.25) is 5.02 Å². The van der Waals surface area contributed by atoms with Crippen LogP contribution >= 0.6 is 23.4 Å². The number of nitriles is 1. The van der Waals surface area contributed by atoms with Crippen molar-refractivity contribution in [1.29, 1.82) is 5.26 Å². The van der Waals surface area contributed by atoms with Crippen LogP contribution in [0.3, 0.4) is 0 Å². The summed E-state index contributed by atoms with van der Waals surface area (Å²) < 4.78 is 0. The highest BCUT2D eigenvalue weighted by Gasteiger charge is 2.07. The summed E-state index contributed by atoms with van der Waals surface area (Å²) >= 11 is 7.32. The molecule has 1 aromatic heterocycles. The van der Waals surface area contributed by atoms with Crippen molar-refractivity contribution in [3.63, 3.8) is 0 Å². The van der Waals surface area contributed by atoms with Gasteiger partial charge >= 0.3 is 0 Å². The van der Waals surface area contributed by atoms with Crippen molar-refractivity contribution < 1.29 is 4.79 Å². The van der Waals surface area contributed by atoms with Gasteiger partial charge < -0.3 is 5.32 Å². The van der Waals surface area contributed by atoms with Gasteiger partial charge in [0.1, 0.15) is 6.07 Å². The number of carbonyl (C=O) groups is 1. The molecular formula is C18H12ClN3OS. The molecule has 2 aromatic carbocycles. The molecule has 0 saturated carbocycles. The maximum atomic E-state index is 12.0. The van der Waals surface area contributed by atoms with Crippen LogP contribution in [0.5, 0.6) is 0 Å². The highest BCUT2D eigenvalue weighted by atomic mass is 35.5. The second-order valence-electron chi connectivity index (χ2n) is 4.99. The molecule has 0 bridgehead atoms. The second kappa shape index (κ2) is 7.35. The molecular weight excluding hydrogens is 342 g/mol. The van der Waals surface area contributed by atoms with E-state index < -0.39 is 0 Å². The van der Waals surface area contributed by atoms with E-state index in [9.17, 15) is 4.79 Å². The van der Waals surface area contributed by atoms with Gasteiger partial charge in [-0.1, -0.05) is 47.6 Å². The van der Waals surface area contributed by atoms with Gasteiger partial charge in [0.05, 0.1) is 26.9 Å².